The molecule has 0 saturated heterocycles. The maximum atomic E-state index is 11.6. The van der Waals surface area contributed by atoms with E-state index in [2.05, 4.69) is 20.5 Å². The first-order valence-corrected chi connectivity index (χ1v) is 8.76. The molecule has 1 aromatic rings. The quantitative estimate of drug-likeness (QED) is 0.678. The molecule has 2 rings (SSSR count). The minimum atomic E-state index is -0.0611. The van der Waals surface area contributed by atoms with Crippen molar-refractivity contribution in [3.8, 4) is 0 Å². The summed E-state index contributed by atoms with van der Waals surface area (Å²) in [7, 11) is 0. The van der Waals surface area contributed by atoms with Crippen LogP contribution in [0.5, 0.6) is 0 Å². The Kier molecular flexibility index (Phi) is 5.14. The minimum Gasteiger partial charge on any atom is -0.300 e. The Morgan fingerprint density at radius 2 is 2.41 bits per heavy atom. The van der Waals surface area contributed by atoms with Crippen molar-refractivity contribution in [3.05, 3.63) is 0 Å². The van der Waals surface area contributed by atoms with Gasteiger partial charge in [-0.1, -0.05) is 46.6 Å². The minimum absolute atomic E-state index is 0.0611. The molecule has 0 fully saturated rings. The van der Waals surface area contributed by atoms with Crippen LogP contribution >= 0.6 is 46.6 Å². The Labute approximate surface area is 116 Å². The van der Waals surface area contributed by atoms with Crippen LogP contribution in [0.25, 0.3) is 0 Å². The Hall–Kier alpha value is -0.250. The molecule has 0 radical (unpaired) electrons. The number of nitrogens with zero attached hydrogens (tertiary/aromatic N) is 3. The van der Waals surface area contributed by atoms with Gasteiger partial charge in [0.15, 0.2) is 4.34 Å². The normalized spacial score (nSPS) is 14.8. The van der Waals surface area contributed by atoms with Crippen LogP contribution in [0.1, 0.15) is 0 Å². The summed E-state index contributed by atoms with van der Waals surface area (Å²) in [5.74, 6) is 1.34. The number of amides is 1. The largest absolute Gasteiger partial charge is 0.300 e. The van der Waals surface area contributed by atoms with Crippen LogP contribution in [0.2, 0.25) is 0 Å². The predicted octanol–water partition coefficient (Wildman–Crippen LogP) is 2.03. The van der Waals surface area contributed by atoms with Crippen molar-refractivity contribution < 1.29 is 4.79 Å². The molecule has 1 aliphatic heterocycles. The highest BCUT2D eigenvalue weighted by Gasteiger charge is 2.12. The number of aromatic nitrogens is 2. The third-order valence-electron chi connectivity index (χ3n) is 1.71. The Morgan fingerprint density at radius 3 is 3.06 bits per heavy atom. The second-order valence-electron chi connectivity index (χ2n) is 2.91. The second kappa shape index (κ2) is 6.62. The number of carbonyl (C=O) groups is 1. The molecule has 0 unspecified atom stereocenters. The van der Waals surface area contributed by atoms with E-state index in [1.54, 1.807) is 11.8 Å². The van der Waals surface area contributed by atoms with Crippen molar-refractivity contribution in [2.45, 2.75) is 4.34 Å². The summed E-state index contributed by atoms with van der Waals surface area (Å²) in [6.45, 7) is 0.863. The molecule has 9 heteroatoms. The zero-order chi connectivity index (χ0) is 12.1. The zero-order valence-electron chi connectivity index (χ0n) is 9.00. The first-order valence-electron chi connectivity index (χ1n) is 4.75. The highest BCUT2D eigenvalue weighted by atomic mass is 32.2. The average molecular weight is 306 g/mol. The Bertz CT molecular complexity index is 433. The second-order valence-corrected chi connectivity index (χ2v) is 7.25. The molecule has 2 heterocycles. The number of aliphatic imine (C=N–C) groups is 1. The Balaban J connectivity index is 1.76. The zero-order valence-corrected chi connectivity index (χ0v) is 12.3. The van der Waals surface area contributed by atoms with Crippen LogP contribution in [0.4, 0.5) is 5.13 Å². The van der Waals surface area contributed by atoms with Gasteiger partial charge in [-0.2, -0.15) is 0 Å². The van der Waals surface area contributed by atoms with E-state index in [1.165, 1.54) is 34.9 Å². The summed E-state index contributed by atoms with van der Waals surface area (Å²) in [5, 5.41) is 11.1. The summed E-state index contributed by atoms with van der Waals surface area (Å²) in [4.78, 5) is 15.9. The molecule has 0 atom stereocenters. The number of thioether (sulfide) groups is 3. The van der Waals surface area contributed by atoms with Crippen molar-refractivity contribution in [1.82, 2.24) is 10.2 Å². The van der Waals surface area contributed by atoms with Gasteiger partial charge >= 0.3 is 0 Å². The first-order chi connectivity index (χ1) is 8.28. The molecule has 0 bridgehead atoms. The van der Waals surface area contributed by atoms with E-state index in [1.807, 2.05) is 6.26 Å². The topological polar surface area (TPSA) is 67.2 Å². The van der Waals surface area contributed by atoms with Crippen molar-refractivity contribution >= 4 is 62.0 Å². The van der Waals surface area contributed by atoms with Crippen molar-refractivity contribution in [2.75, 3.05) is 29.6 Å². The van der Waals surface area contributed by atoms with E-state index in [9.17, 15) is 4.79 Å². The smallest absolute Gasteiger partial charge is 0.236 e. The van der Waals surface area contributed by atoms with E-state index < -0.39 is 0 Å². The summed E-state index contributed by atoms with van der Waals surface area (Å²) >= 11 is 6.08. The lowest BCUT2D eigenvalue weighted by molar-refractivity contribution is -0.113. The Morgan fingerprint density at radius 1 is 1.53 bits per heavy atom. The maximum absolute atomic E-state index is 11.6. The molecule has 0 saturated carbocycles. The van der Waals surface area contributed by atoms with Gasteiger partial charge in [-0.25, -0.2) is 0 Å². The van der Waals surface area contributed by atoms with Crippen molar-refractivity contribution in [2.24, 2.45) is 4.99 Å². The fraction of sp³-hybridized carbons (Fsp3) is 0.500. The van der Waals surface area contributed by atoms with E-state index in [0.717, 1.165) is 21.0 Å². The number of carbonyl (C=O) groups excluding carboxylic acids is 1. The highest BCUT2D eigenvalue weighted by molar-refractivity contribution is 8.39. The molecule has 5 nitrogen and oxygen atoms in total. The predicted molar refractivity (Wildman–Crippen MR) is 77.5 cm³/mol. The van der Waals surface area contributed by atoms with Crippen LogP contribution in [0.15, 0.2) is 9.33 Å². The van der Waals surface area contributed by atoms with Gasteiger partial charge in [-0.15, -0.1) is 10.2 Å². The standard InChI is InChI=1S/C8H10N4OS4/c1-14-8-12-11-6(17-8)10-5(13)4-16-7-9-2-3-15-7/h2-4H2,1H3,(H,10,11,13). The van der Waals surface area contributed by atoms with Crippen LogP contribution < -0.4 is 5.32 Å². The molecular weight excluding hydrogens is 296 g/mol. The average Bonchev–Trinajstić information content (AvgIpc) is 2.97. The molecule has 92 valence electrons. The summed E-state index contributed by atoms with van der Waals surface area (Å²) in [5.41, 5.74) is 0. The number of anilines is 1. The van der Waals surface area contributed by atoms with E-state index in [0.29, 0.717) is 10.9 Å². The fourth-order valence-electron chi connectivity index (χ4n) is 1.03. The van der Waals surface area contributed by atoms with Gasteiger partial charge in [-0.3, -0.25) is 15.1 Å². The monoisotopic (exact) mass is 306 g/mol. The van der Waals surface area contributed by atoms with Gasteiger partial charge in [0.05, 0.1) is 12.3 Å². The summed E-state index contributed by atoms with van der Waals surface area (Å²) in [6.07, 6.45) is 1.93. The summed E-state index contributed by atoms with van der Waals surface area (Å²) < 4.78 is 1.85. The maximum Gasteiger partial charge on any atom is 0.236 e. The van der Waals surface area contributed by atoms with Gasteiger partial charge < -0.3 is 0 Å². The van der Waals surface area contributed by atoms with E-state index >= 15 is 0 Å². The van der Waals surface area contributed by atoms with Crippen LogP contribution in [0.3, 0.4) is 0 Å². The van der Waals surface area contributed by atoms with Gasteiger partial charge in [0, 0.05) is 5.75 Å². The lowest BCUT2D eigenvalue weighted by Crippen LogP contribution is -2.14. The van der Waals surface area contributed by atoms with Crippen molar-refractivity contribution in [1.29, 1.82) is 0 Å². The van der Waals surface area contributed by atoms with E-state index in [4.69, 9.17) is 0 Å². The third-order valence-corrected chi connectivity index (χ3v) is 5.78. The SMILES string of the molecule is CSc1nnc(NC(=O)CSC2=NCCS2)s1. The van der Waals surface area contributed by atoms with Gasteiger partial charge in [-0.05, 0) is 6.26 Å². The first kappa shape index (κ1) is 13.2. The number of hydrogen-bond acceptors (Lipinski definition) is 8. The van der Waals surface area contributed by atoms with Crippen LogP contribution in [-0.4, -0.2) is 44.8 Å². The number of hydrogen-bond donors (Lipinski definition) is 1. The molecule has 0 spiro atoms. The van der Waals surface area contributed by atoms with Crippen LogP contribution in [-0.2, 0) is 4.79 Å². The molecule has 0 aliphatic carbocycles. The number of rotatable bonds is 4. The third kappa shape index (κ3) is 4.16. The van der Waals surface area contributed by atoms with E-state index in [-0.39, 0.29) is 5.91 Å². The van der Waals surface area contributed by atoms with Gasteiger partial charge in [0.25, 0.3) is 0 Å². The number of nitrogens with one attached hydrogen (secondary N) is 1. The molecule has 1 amide bonds. The van der Waals surface area contributed by atoms with Crippen LogP contribution in [0, 0.1) is 0 Å². The molecule has 1 aromatic heterocycles. The lowest BCUT2D eigenvalue weighted by Gasteiger charge is -2.00. The van der Waals surface area contributed by atoms with Crippen molar-refractivity contribution in [3.63, 3.8) is 0 Å². The highest BCUT2D eigenvalue weighted by Crippen LogP contribution is 2.24. The summed E-state index contributed by atoms with van der Waals surface area (Å²) in [6, 6.07) is 0. The molecule has 1 aliphatic rings. The van der Waals surface area contributed by atoms with Gasteiger partial charge in [0.2, 0.25) is 11.0 Å². The molecular formula is C8H10N4OS4. The molecule has 1 N–H and O–H groups in total. The lowest BCUT2D eigenvalue weighted by atomic mass is 10.7. The van der Waals surface area contributed by atoms with Gasteiger partial charge in [0.1, 0.15) is 4.38 Å². The fourth-order valence-corrected chi connectivity index (χ4v) is 4.02. The molecule has 17 heavy (non-hydrogen) atoms. The molecule has 0 aromatic carbocycles.